The highest BCUT2D eigenvalue weighted by Gasteiger charge is 2.63. The lowest BCUT2D eigenvalue weighted by molar-refractivity contribution is -0.519. The molecule has 0 radical (unpaired) electrons. The Hall–Kier alpha value is 0.0169. The van der Waals surface area contributed by atoms with E-state index in [9.17, 15) is 9.00 Å². The number of β-lactam (4-membered cyclic amide) rings is 1. The Balaban J connectivity index is 2.13. The maximum Gasteiger partial charge on any atom is 0.401 e. The smallest absolute Gasteiger partial charge is 0.401 e. The molecule has 2 rings (SSSR count). The average Bonchev–Trinajstić information content (AvgIpc) is 2.76. The van der Waals surface area contributed by atoms with Crippen LogP contribution in [0.25, 0.3) is 0 Å². The molecule has 126 valence electrons. The highest BCUT2D eigenvalue weighted by Crippen LogP contribution is 2.45. The lowest BCUT2D eigenvalue weighted by Gasteiger charge is -2.42. The van der Waals surface area contributed by atoms with Gasteiger partial charge in [-0.1, -0.05) is 39.5 Å². The third kappa shape index (κ3) is 3.14. The molecule has 0 saturated carbocycles. The number of carbonyl (C=O) groups is 1. The molecule has 2 heterocycles. The van der Waals surface area contributed by atoms with Gasteiger partial charge in [0.25, 0.3) is 0 Å². The van der Waals surface area contributed by atoms with E-state index in [-0.39, 0.29) is 32.9 Å². The summed E-state index contributed by atoms with van der Waals surface area (Å²) in [6, 6.07) is 0. The quantitative estimate of drug-likeness (QED) is 0.429. The zero-order chi connectivity index (χ0) is 16.9. The van der Waals surface area contributed by atoms with Crippen molar-refractivity contribution in [3.63, 3.8) is 0 Å². The molecule has 1 fully saturated rings. The molecule has 1 amide bonds. The molecule has 4 nitrogen and oxygen atoms in total. The Bertz CT molecular complexity index is 527. The Kier molecular flexibility index (Phi) is 5.13. The summed E-state index contributed by atoms with van der Waals surface area (Å²) in [4.78, 5) is 12.5. The molecule has 0 aliphatic carbocycles. The molecule has 0 aromatic carbocycles. The van der Waals surface area contributed by atoms with Crippen molar-refractivity contribution in [2.45, 2.75) is 68.3 Å². The van der Waals surface area contributed by atoms with Crippen molar-refractivity contribution >= 4 is 43.0 Å². The molecule has 5 atom stereocenters. The largest absolute Gasteiger partial charge is 0.413 e. The van der Waals surface area contributed by atoms with E-state index in [1.165, 1.54) is 0 Å². The van der Waals surface area contributed by atoms with E-state index < -0.39 is 19.1 Å². The second kappa shape index (κ2) is 6.15. The van der Waals surface area contributed by atoms with Crippen molar-refractivity contribution in [3.05, 3.63) is 0 Å². The Morgan fingerprint density at radius 1 is 1.45 bits per heavy atom. The van der Waals surface area contributed by atoms with Gasteiger partial charge in [-0.05, 0) is 24.6 Å². The summed E-state index contributed by atoms with van der Waals surface area (Å²) in [5.41, 5.74) is 0. The summed E-state index contributed by atoms with van der Waals surface area (Å²) in [5, 5.41) is 0.242. The van der Waals surface area contributed by atoms with Crippen LogP contribution >= 0.6 is 11.8 Å². The Labute approximate surface area is 141 Å². The molecule has 7 heteroatoms. The van der Waals surface area contributed by atoms with Crippen LogP contribution in [0.1, 0.15) is 34.1 Å². The summed E-state index contributed by atoms with van der Waals surface area (Å²) in [7, 11) is -2.84. The highest BCUT2D eigenvalue weighted by molar-refractivity contribution is 8.12. The first-order chi connectivity index (χ1) is 9.99. The number of amides is 1. The highest BCUT2D eigenvalue weighted by atomic mass is 32.2. The van der Waals surface area contributed by atoms with Gasteiger partial charge in [0.05, 0.1) is 6.10 Å². The number of carbonyl (C=O) groups excluding carboxylic acids is 1. The van der Waals surface area contributed by atoms with Crippen LogP contribution in [-0.2, 0) is 20.0 Å². The number of hydrogen-bond acceptors (Lipinski definition) is 4. The molecular weight excluding hydrogens is 334 g/mol. The van der Waals surface area contributed by atoms with Crippen molar-refractivity contribution in [2.24, 2.45) is 5.92 Å². The first kappa shape index (κ1) is 18.4. The fourth-order valence-corrected chi connectivity index (χ4v) is 6.53. The molecule has 2 unspecified atom stereocenters. The van der Waals surface area contributed by atoms with Crippen LogP contribution in [0.4, 0.5) is 0 Å². The number of nitrogens with zero attached hydrogens (tertiary/aromatic N) is 1. The van der Waals surface area contributed by atoms with Crippen molar-refractivity contribution in [2.75, 3.05) is 6.26 Å². The zero-order valence-corrected chi connectivity index (χ0v) is 17.2. The van der Waals surface area contributed by atoms with Gasteiger partial charge in [-0.15, -0.1) is 0 Å². The molecule has 1 saturated heterocycles. The molecule has 0 N–H and O–H groups in total. The monoisotopic (exact) mass is 362 g/mol. The first-order valence-electron chi connectivity index (χ1n) is 7.82. The van der Waals surface area contributed by atoms with E-state index in [4.69, 9.17) is 4.43 Å². The minimum absolute atomic E-state index is 0.0282. The summed E-state index contributed by atoms with van der Waals surface area (Å²) in [5.74, 6) is 0.0462. The normalized spacial score (nSPS) is 31.3. The van der Waals surface area contributed by atoms with Gasteiger partial charge in [-0.2, -0.15) is 4.58 Å². The SMILES string of the molecule is CC[C@H](O[Si](C)(C)C(C)(C)C)[C@@H]1C(=O)[N+]2=CC(S(C)=O)S[C@H]12. The van der Waals surface area contributed by atoms with Crippen LogP contribution in [0.5, 0.6) is 0 Å². The topological polar surface area (TPSA) is 46.4 Å². The standard InChI is InChI=1S/C15H28NO3S2Si/c1-8-10(19-22(6,7)15(2,3)4)12-13(17)16-9-11(21(5)18)20-14(12)16/h9-12,14H,8H2,1-7H3/q+1/t10-,11?,12+,14+,21?/m0/s1. The molecular formula is C15H28NO3S2Si+. The Morgan fingerprint density at radius 2 is 2.05 bits per heavy atom. The van der Waals surface area contributed by atoms with Gasteiger partial charge in [0.15, 0.2) is 25.0 Å². The molecule has 2 aliphatic heterocycles. The van der Waals surface area contributed by atoms with Gasteiger partial charge in [0, 0.05) is 17.1 Å². The minimum Gasteiger partial charge on any atom is -0.413 e. The van der Waals surface area contributed by atoms with Gasteiger partial charge in [0.1, 0.15) is 0 Å². The van der Waals surface area contributed by atoms with Crippen molar-refractivity contribution in [1.82, 2.24) is 0 Å². The maximum absolute atomic E-state index is 12.5. The predicted octanol–water partition coefficient (Wildman–Crippen LogP) is 2.80. The molecule has 22 heavy (non-hydrogen) atoms. The lowest BCUT2D eigenvalue weighted by atomic mass is 9.92. The van der Waals surface area contributed by atoms with E-state index >= 15 is 0 Å². The van der Waals surface area contributed by atoms with Gasteiger partial charge in [-0.3, -0.25) is 4.21 Å². The zero-order valence-electron chi connectivity index (χ0n) is 14.6. The number of hydrogen-bond donors (Lipinski definition) is 0. The average molecular weight is 363 g/mol. The van der Waals surface area contributed by atoms with Gasteiger partial charge < -0.3 is 4.43 Å². The van der Waals surface area contributed by atoms with E-state index in [0.29, 0.717) is 0 Å². The minimum atomic E-state index is -1.90. The third-order valence-corrected chi connectivity index (χ3v) is 12.7. The fraction of sp³-hybridized carbons (Fsp3) is 0.867. The molecule has 0 bridgehead atoms. The van der Waals surface area contributed by atoms with Crippen LogP contribution in [-0.4, -0.2) is 51.5 Å². The Morgan fingerprint density at radius 3 is 2.50 bits per heavy atom. The van der Waals surface area contributed by atoms with Crippen LogP contribution in [0.3, 0.4) is 0 Å². The molecule has 0 aromatic rings. The van der Waals surface area contributed by atoms with E-state index in [1.807, 2.05) is 6.21 Å². The third-order valence-electron chi connectivity index (χ3n) is 5.06. The number of thioether (sulfide) groups is 1. The van der Waals surface area contributed by atoms with Crippen LogP contribution < -0.4 is 0 Å². The van der Waals surface area contributed by atoms with E-state index in [0.717, 1.165) is 6.42 Å². The van der Waals surface area contributed by atoms with Gasteiger partial charge in [-0.25, -0.2) is 4.79 Å². The van der Waals surface area contributed by atoms with Crippen molar-refractivity contribution in [1.29, 1.82) is 0 Å². The molecule has 2 aliphatic rings. The number of rotatable bonds is 5. The lowest BCUT2D eigenvalue weighted by Crippen LogP contribution is -2.59. The summed E-state index contributed by atoms with van der Waals surface area (Å²) in [6.45, 7) is 13.2. The molecule has 0 spiro atoms. The van der Waals surface area contributed by atoms with Crippen molar-refractivity contribution < 1.29 is 18.0 Å². The maximum atomic E-state index is 12.5. The van der Waals surface area contributed by atoms with Gasteiger partial charge >= 0.3 is 5.91 Å². The molecule has 0 aromatic heterocycles. The summed E-state index contributed by atoms with van der Waals surface area (Å²) in [6.07, 6.45) is 4.35. The fourth-order valence-electron chi connectivity index (χ4n) is 2.59. The van der Waals surface area contributed by atoms with Crippen molar-refractivity contribution in [3.8, 4) is 0 Å². The van der Waals surface area contributed by atoms with Crippen LogP contribution in [0.2, 0.25) is 18.1 Å². The van der Waals surface area contributed by atoms with Crippen LogP contribution in [0, 0.1) is 5.92 Å². The van der Waals surface area contributed by atoms with Crippen LogP contribution in [0.15, 0.2) is 0 Å². The second-order valence-corrected chi connectivity index (χ2v) is 15.5. The summed E-state index contributed by atoms with van der Waals surface area (Å²) < 4.78 is 19.9. The van der Waals surface area contributed by atoms with Gasteiger partial charge in [0.2, 0.25) is 5.37 Å². The first-order valence-corrected chi connectivity index (χ1v) is 13.3. The predicted molar refractivity (Wildman–Crippen MR) is 96.4 cm³/mol. The number of fused-ring (bicyclic) bond motifs is 1. The van der Waals surface area contributed by atoms with E-state index in [1.54, 1.807) is 22.6 Å². The second-order valence-electron chi connectivity index (χ2n) is 7.64. The van der Waals surface area contributed by atoms with E-state index in [2.05, 4.69) is 40.8 Å². The summed E-state index contributed by atoms with van der Waals surface area (Å²) >= 11 is 1.64.